The van der Waals surface area contributed by atoms with E-state index < -0.39 is 13.9 Å². The molecule has 260 valence electrons. The molecular formula is C40H72O3SSi. The summed E-state index contributed by atoms with van der Waals surface area (Å²) in [6.07, 6.45) is 24.3. The molecule has 0 amide bonds. The Hall–Kier alpha value is -0.103. The Labute approximate surface area is 284 Å². The second-order valence-corrected chi connectivity index (χ2v) is 24.2. The largest absolute Gasteiger partial charge is 0.417 e. The number of carbonyl (C=O) groups excluding carboxylic acids is 1. The number of hydrogen-bond donors (Lipinski definition) is 1. The predicted molar refractivity (Wildman–Crippen MR) is 197 cm³/mol. The Morgan fingerprint density at radius 1 is 0.867 bits per heavy atom. The normalized spacial score (nSPS) is 35.1. The highest BCUT2D eigenvalue weighted by Gasteiger charge is 2.64. The van der Waals surface area contributed by atoms with Gasteiger partial charge in [0.2, 0.25) is 0 Å². The molecule has 4 rings (SSSR count). The van der Waals surface area contributed by atoms with E-state index in [1.54, 1.807) is 0 Å². The van der Waals surface area contributed by atoms with Gasteiger partial charge in [-0.15, -0.1) is 0 Å². The molecule has 4 aliphatic carbocycles. The molecule has 0 spiro atoms. The topological polar surface area (TPSA) is 46.5 Å². The molecule has 2 unspecified atom stereocenters. The third-order valence-corrected chi connectivity index (χ3v) is 20.0. The summed E-state index contributed by atoms with van der Waals surface area (Å²) in [6.45, 7) is 19.7. The van der Waals surface area contributed by atoms with E-state index in [0.717, 1.165) is 44.6 Å². The van der Waals surface area contributed by atoms with Crippen LogP contribution in [0.2, 0.25) is 18.1 Å². The van der Waals surface area contributed by atoms with Gasteiger partial charge in [0.25, 0.3) is 0 Å². The fourth-order valence-corrected chi connectivity index (χ4v) is 12.0. The average molecular weight is 661 g/mol. The smallest absolute Gasteiger partial charge is 0.191 e. The van der Waals surface area contributed by atoms with Gasteiger partial charge in [-0.3, -0.25) is 4.79 Å². The van der Waals surface area contributed by atoms with Gasteiger partial charge in [0.1, 0.15) is 0 Å². The maximum Gasteiger partial charge on any atom is 0.191 e. The monoisotopic (exact) mass is 660 g/mol. The average Bonchev–Trinajstić information content (AvgIpc) is 3.21. The molecule has 4 aliphatic rings. The SMILES string of the molecule is CC1(O)CC[C@H]2[C@@H]3C(CCCCCCCCCSCCCCCO[Si](C)(C)C(C)(C)C)CC4=CC(=O)CC[C@]4(C)[C@@H]3CC[C@@]21C. The van der Waals surface area contributed by atoms with Crippen LogP contribution >= 0.6 is 11.8 Å². The first-order valence-electron chi connectivity index (χ1n) is 19.3. The van der Waals surface area contributed by atoms with Crippen molar-refractivity contribution < 1.29 is 14.3 Å². The van der Waals surface area contributed by atoms with Gasteiger partial charge in [-0.25, -0.2) is 0 Å². The quantitative estimate of drug-likeness (QED) is 0.125. The molecule has 0 aliphatic heterocycles. The second-order valence-electron chi connectivity index (χ2n) is 18.1. The van der Waals surface area contributed by atoms with Gasteiger partial charge in [-0.05, 0) is 141 Å². The molecule has 1 N–H and O–H groups in total. The lowest BCUT2D eigenvalue weighted by Crippen LogP contribution is -2.56. The molecular weight excluding hydrogens is 589 g/mol. The zero-order chi connectivity index (χ0) is 32.9. The number of aliphatic hydroxyl groups is 1. The predicted octanol–water partition coefficient (Wildman–Crippen LogP) is 11.5. The Balaban J connectivity index is 1.10. The molecule has 3 nitrogen and oxygen atoms in total. The van der Waals surface area contributed by atoms with Gasteiger partial charge in [0.15, 0.2) is 14.1 Å². The zero-order valence-electron chi connectivity index (χ0n) is 30.9. The minimum absolute atomic E-state index is 0.0619. The minimum Gasteiger partial charge on any atom is -0.417 e. The van der Waals surface area contributed by atoms with Crippen molar-refractivity contribution in [2.75, 3.05) is 18.1 Å². The van der Waals surface area contributed by atoms with Gasteiger partial charge in [0, 0.05) is 13.0 Å². The number of unbranched alkanes of at least 4 members (excludes halogenated alkanes) is 8. The van der Waals surface area contributed by atoms with E-state index in [0.29, 0.717) is 28.6 Å². The van der Waals surface area contributed by atoms with Crippen LogP contribution in [0.25, 0.3) is 0 Å². The Morgan fingerprint density at radius 2 is 1.47 bits per heavy atom. The Bertz CT molecular complexity index is 998. The number of hydrogen-bond acceptors (Lipinski definition) is 4. The van der Waals surface area contributed by atoms with Gasteiger partial charge >= 0.3 is 0 Å². The van der Waals surface area contributed by atoms with Crippen LogP contribution in [0.1, 0.15) is 157 Å². The van der Waals surface area contributed by atoms with E-state index in [1.165, 1.54) is 101 Å². The van der Waals surface area contributed by atoms with Crippen molar-refractivity contribution in [3.63, 3.8) is 0 Å². The summed E-state index contributed by atoms with van der Waals surface area (Å²) in [4.78, 5) is 12.5. The Morgan fingerprint density at radius 3 is 2.13 bits per heavy atom. The van der Waals surface area contributed by atoms with Gasteiger partial charge < -0.3 is 9.53 Å². The van der Waals surface area contributed by atoms with E-state index in [2.05, 4.69) is 72.5 Å². The summed E-state index contributed by atoms with van der Waals surface area (Å²) in [5.41, 5.74) is 1.24. The zero-order valence-corrected chi connectivity index (χ0v) is 32.7. The van der Waals surface area contributed by atoms with Crippen molar-refractivity contribution in [1.29, 1.82) is 0 Å². The van der Waals surface area contributed by atoms with E-state index in [-0.39, 0.29) is 10.8 Å². The fraction of sp³-hybridized carbons (Fsp3) is 0.925. The van der Waals surface area contributed by atoms with Crippen molar-refractivity contribution in [2.24, 2.45) is 34.5 Å². The number of thioether (sulfide) groups is 1. The maximum atomic E-state index is 12.5. The molecule has 0 aromatic rings. The minimum atomic E-state index is -1.57. The summed E-state index contributed by atoms with van der Waals surface area (Å²) in [7, 11) is -1.57. The molecule has 7 atom stereocenters. The second kappa shape index (κ2) is 15.6. The summed E-state index contributed by atoms with van der Waals surface area (Å²) >= 11 is 2.16. The molecule has 5 heteroatoms. The van der Waals surface area contributed by atoms with Crippen molar-refractivity contribution in [1.82, 2.24) is 0 Å². The summed E-state index contributed by atoms with van der Waals surface area (Å²) in [5, 5.41) is 11.8. The van der Waals surface area contributed by atoms with Crippen LogP contribution in [-0.4, -0.2) is 42.9 Å². The number of allylic oxidation sites excluding steroid dienone is 1. The number of fused-ring (bicyclic) bond motifs is 5. The summed E-state index contributed by atoms with van der Waals surface area (Å²) in [6, 6.07) is 0. The molecule has 0 saturated heterocycles. The molecule has 3 saturated carbocycles. The van der Waals surface area contributed by atoms with Crippen LogP contribution in [0.15, 0.2) is 11.6 Å². The molecule has 45 heavy (non-hydrogen) atoms. The van der Waals surface area contributed by atoms with Crippen LogP contribution in [0.3, 0.4) is 0 Å². The first-order valence-corrected chi connectivity index (χ1v) is 23.4. The van der Waals surface area contributed by atoms with Crippen molar-refractivity contribution in [3.05, 3.63) is 11.6 Å². The highest BCUT2D eigenvalue weighted by Crippen LogP contribution is 2.69. The lowest BCUT2D eigenvalue weighted by Gasteiger charge is -2.61. The fourth-order valence-electron chi connectivity index (χ4n) is 9.87. The van der Waals surface area contributed by atoms with Crippen molar-refractivity contribution in [3.8, 4) is 0 Å². The van der Waals surface area contributed by atoms with Crippen molar-refractivity contribution in [2.45, 2.75) is 181 Å². The standard InChI is InChI=1S/C40H72O3SSi/c1-37(2,3)45(7,8)43-26-16-14-18-28-44-27-17-13-11-9-10-12-15-19-31-29-32-30-33(41)20-23-38(32,4)34-21-24-39(5)35(36(31)34)22-25-40(39,6)42/h30-31,34-36,42H,9-29H2,1-8H3/t31?,34-,35+,36-,38+,39+,40?/m1/s1. The first kappa shape index (κ1) is 37.7. The molecule has 0 heterocycles. The Kier molecular flexibility index (Phi) is 13.1. The van der Waals surface area contributed by atoms with Crippen LogP contribution in [0.4, 0.5) is 0 Å². The molecule has 0 radical (unpaired) electrons. The van der Waals surface area contributed by atoms with Gasteiger partial charge in [-0.1, -0.05) is 85.1 Å². The third kappa shape index (κ3) is 8.74. The lowest BCUT2D eigenvalue weighted by atomic mass is 9.44. The summed E-state index contributed by atoms with van der Waals surface area (Å²) < 4.78 is 6.31. The number of ketones is 1. The van der Waals surface area contributed by atoms with Gasteiger partial charge in [0.05, 0.1) is 5.60 Å². The number of carbonyl (C=O) groups is 1. The van der Waals surface area contributed by atoms with E-state index in [1.807, 2.05) is 0 Å². The van der Waals surface area contributed by atoms with Gasteiger partial charge in [-0.2, -0.15) is 11.8 Å². The van der Waals surface area contributed by atoms with Crippen molar-refractivity contribution >= 4 is 25.9 Å². The molecule has 0 aromatic heterocycles. The van der Waals surface area contributed by atoms with Crippen LogP contribution < -0.4 is 0 Å². The lowest BCUT2D eigenvalue weighted by molar-refractivity contribution is -0.135. The third-order valence-electron chi connectivity index (χ3n) is 14.3. The van der Waals surface area contributed by atoms with Crippen LogP contribution in [0, 0.1) is 34.5 Å². The molecule has 0 bridgehead atoms. The first-order chi connectivity index (χ1) is 21.1. The molecule has 0 aromatic carbocycles. The van der Waals surface area contributed by atoms with E-state index >= 15 is 0 Å². The van der Waals surface area contributed by atoms with E-state index in [4.69, 9.17) is 4.43 Å². The van der Waals surface area contributed by atoms with E-state index in [9.17, 15) is 9.90 Å². The summed E-state index contributed by atoms with van der Waals surface area (Å²) in [5.74, 6) is 5.76. The maximum absolute atomic E-state index is 12.5. The number of rotatable bonds is 17. The highest BCUT2D eigenvalue weighted by molar-refractivity contribution is 7.99. The highest BCUT2D eigenvalue weighted by atomic mass is 32.2. The molecule has 3 fully saturated rings. The van der Waals surface area contributed by atoms with Crippen LogP contribution in [0.5, 0.6) is 0 Å². The van der Waals surface area contributed by atoms with Crippen LogP contribution in [-0.2, 0) is 9.22 Å².